The van der Waals surface area contributed by atoms with Crippen LogP contribution in [0.2, 0.25) is 0 Å². The van der Waals surface area contributed by atoms with Gasteiger partial charge < -0.3 is 0 Å². The molecule has 0 aliphatic heterocycles. The van der Waals surface area contributed by atoms with Gasteiger partial charge in [0, 0.05) is 27.9 Å². The zero-order valence-corrected chi connectivity index (χ0v) is 14.8. The second kappa shape index (κ2) is 10.7. The van der Waals surface area contributed by atoms with Gasteiger partial charge in [0.15, 0.2) is 0 Å². The fraction of sp³-hybridized carbons (Fsp3) is 0.538. The van der Waals surface area contributed by atoms with E-state index in [1.165, 1.54) is 16.0 Å². The highest BCUT2D eigenvalue weighted by Gasteiger charge is 2.07. The number of hydrogen-bond donors (Lipinski definition) is 2. The quantitative estimate of drug-likeness (QED) is 0.380. The molecule has 0 unspecified atom stereocenters. The maximum Gasteiger partial charge on any atom is 0.0196 e. The first-order chi connectivity index (χ1) is 8.83. The molecule has 0 aliphatic rings. The van der Waals surface area contributed by atoms with Crippen LogP contribution < -0.4 is 0 Å². The van der Waals surface area contributed by atoms with Crippen molar-refractivity contribution in [2.75, 3.05) is 29.3 Å². The first-order valence-corrected chi connectivity index (χ1v) is 10.6. The number of benzene rings is 1. The molecule has 5 heteroatoms. The average Bonchev–Trinajstić information content (AvgIpc) is 2.39. The molecule has 0 radical (unpaired) electrons. The summed E-state index contributed by atoms with van der Waals surface area (Å²) in [5.74, 6) is 6.35. The summed E-state index contributed by atoms with van der Waals surface area (Å²) in [7, 11) is 0. The maximum atomic E-state index is 4.26. The minimum atomic E-state index is 0.955. The maximum absolute atomic E-state index is 4.26. The van der Waals surface area contributed by atoms with Crippen LogP contribution in [0.4, 0.5) is 0 Å². The summed E-state index contributed by atoms with van der Waals surface area (Å²) in [5, 5.41) is 0. The highest BCUT2D eigenvalue weighted by molar-refractivity contribution is 8.00. The predicted octanol–water partition coefficient (Wildman–Crippen LogP) is 4.73. The summed E-state index contributed by atoms with van der Waals surface area (Å²) in [6, 6.07) is 6.70. The molecule has 0 amide bonds. The van der Waals surface area contributed by atoms with Crippen LogP contribution in [-0.4, -0.2) is 29.3 Å². The van der Waals surface area contributed by atoms with E-state index in [0.717, 1.165) is 34.5 Å². The van der Waals surface area contributed by atoms with Gasteiger partial charge in [-0.1, -0.05) is 18.2 Å². The smallest absolute Gasteiger partial charge is 0.0196 e. The number of hydrogen-bond acceptors (Lipinski definition) is 5. The molecule has 0 saturated heterocycles. The summed E-state index contributed by atoms with van der Waals surface area (Å²) in [6.45, 7) is 0. The third-order valence-corrected chi connectivity index (χ3v) is 6.37. The van der Waals surface area contributed by atoms with Crippen molar-refractivity contribution in [3.63, 3.8) is 0 Å². The second-order valence-electron chi connectivity index (χ2n) is 3.66. The minimum absolute atomic E-state index is 0.955. The molecule has 0 heterocycles. The minimum Gasteiger partial charge on any atom is -0.179 e. The number of rotatable bonds is 9. The van der Waals surface area contributed by atoms with Crippen LogP contribution >= 0.6 is 60.5 Å². The van der Waals surface area contributed by atoms with Gasteiger partial charge in [-0.2, -0.15) is 48.8 Å². The lowest BCUT2D eigenvalue weighted by molar-refractivity contribution is 1.18. The van der Waals surface area contributed by atoms with Crippen LogP contribution in [-0.2, 0) is 11.5 Å². The Labute approximate surface area is 135 Å². The topological polar surface area (TPSA) is 0 Å². The van der Waals surface area contributed by atoms with Gasteiger partial charge >= 0.3 is 0 Å². The van der Waals surface area contributed by atoms with Crippen molar-refractivity contribution < 1.29 is 0 Å². The molecule has 0 aliphatic carbocycles. The Bertz CT molecular complexity index is 312. The monoisotopic (exact) mass is 336 g/mol. The molecule has 0 atom stereocenters. The molecule has 0 spiro atoms. The van der Waals surface area contributed by atoms with Gasteiger partial charge in [0.1, 0.15) is 0 Å². The van der Waals surface area contributed by atoms with E-state index in [-0.39, 0.29) is 0 Å². The van der Waals surface area contributed by atoms with E-state index in [0.29, 0.717) is 0 Å². The lowest BCUT2D eigenvalue weighted by atomic mass is 10.1. The second-order valence-corrected chi connectivity index (χ2v) is 7.58. The molecule has 0 nitrogen and oxygen atoms in total. The molecule has 1 aromatic rings. The van der Waals surface area contributed by atoms with E-state index < -0.39 is 0 Å². The van der Waals surface area contributed by atoms with E-state index in [1.807, 2.05) is 35.3 Å². The molecule has 0 saturated carbocycles. The highest BCUT2D eigenvalue weighted by Crippen LogP contribution is 2.30. The Morgan fingerprint density at radius 3 is 1.83 bits per heavy atom. The molecule has 1 aromatic carbocycles. The molecule has 18 heavy (non-hydrogen) atoms. The predicted molar refractivity (Wildman–Crippen MR) is 98.3 cm³/mol. The van der Waals surface area contributed by atoms with Crippen molar-refractivity contribution >= 4 is 60.5 Å². The highest BCUT2D eigenvalue weighted by atomic mass is 32.2. The summed E-state index contributed by atoms with van der Waals surface area (Å²) in [6.07, 6.45) is 2.18. The summed E-state index contributed by atoms with van der Waals surface area (Å²) < 4.78 is 0. The van der Waals surface area contributed by atoms with Gasteiger partial charge in [-0.3, -0.25) is 0 Å². The Balaban J connectivity index is 2.68. The fourth-order valence-electron chi connectivity index (χ4n) is 1.62. The molecular formula is C13H20S5. The summed E-state index contributed by atoms with van der Waals surface area (Å²) in [4.78, 5) is 1.47. The molecule has 0 aromatic heterocycles. The lowest BCUT2D eigenvalue weighted by Gasteiger charge is -2.12. The number of thiol groups is 2. The van der Waals surface area contributed by atoms with Crippen molar-refractivity contribution in [3.8, 4) is 0 Å². The average molecular weight is 337 g/mol. The zero-order valence-electron chi connectivity index (χ0n) is 10.6. The Kier molecular flexibility index (Phi) is 10.1. The van der Waals surface area contributed by atoms with Crippen LogP contribution in [0, 0.1) is 0 Å². The fourth-order valence-corrected chi connectivity index (χ4v) is 4.85. The van der Waals surface area contributed by atoms with Crippen LogP contribution in [0.25, 0.3) is 0 Å². The lowest BCUT2D eigenvalue weighted by Crippen LogP contribution is -1.94. The van der Waals surface area contributed by atoms with Crippen LogP contribution in [0.1, 0.15) is 11.1 Å². The SMILES string of the molecule is CSc1c(CSCCS)cccc1CSCCS. The largest absolute Gasteiger partial charge is 0.179 e. The molecule has 1 rings (SSSR count). The first-order valence-electron chi connectivity index (χ1n) is 5.85. The Hall–Kier alpha value is 0.970. The van der Waals surface area contributed by atoms with Crippen molar-refractivity contribution in [3.05, 3.63) is 29.3 Å². The Morgan fingerprint density at radius 1 is 0.944 bits per heavy atom. The molecular weight excluding hydrogens is 316 g/mol. The van der Waals surface area contributed by atoms with E-state index in [9.17, 15) is 0 Å². The Morgan fingerprint density at radius 2 is 1.44 bits per heavy atom. The molecule has 0 N–H and O–H groups in total. The van der Waals surface area contributed by atoms with Gasteiger partial charge in [0.05, 0.1) is 0 Å². The van der Waals surface area contributed by atoms with E-state index in [1.54, 1.807) is 0 Å². The normalized spacial score (nSPS) is 10.8. The van der Waals surface area contributed by atoms with E-state index in [2.05, 4.69) is 49.7 Å². The van der Waals surface area contributed by atoms with E-state index >= 15 is 0 Å². The molecule has 0 bridgehead atoms. The van der Waals surface area contributed by atoms with Crippen molar-refractivity contribution in [1.29, 1.82) is 0 Å². The molecule has 0 fully saturated rings. The van der Waals surface area contributed by atoms with Crippen LogP contribution in [0.3, 0.4) is 0 Å². The summed E-state index contributed by atoms with van der Waals surface area (Å²) >= 11 is 14.3. The van der Waals surface area contributed by atoms with Gasteiger partial charge in [0.25, 0.3) is 0 Å². The van der Waals surface area contributed by atoms with Gasteiger partial charge in [-0.15, -0.1) is 11.8 Å². The zero-order chi connectivity index (χ0) is 13.2. The van der Waals surface area contributed by atoms with Crippen LogP contribution in [0.5, 0.6) is 0 Å². The summed E-state index contributed by atoms with van der Waals surface area (Å²) in [5.41, 5.74) is 2.94. The third-order valence-electron chi connectivity index (χ3n) is 2.37. The standard InChI is InChI=1S/C13H20S5/c1-16-13-11(9-17-7-5-14)3-2-4-12(13)10-18-8-6-15/h2-4,14-15H,5-10H2,1H3. The van der Waals surface area contributed by atoms with Gasteiger partial charge in [0.2, 0.25) is 0 Å². The van der Waals surface area contributed by atoms with Crippen molar-refractivity contribution in [1.82, 2.24) is 0 Å². The van der Waals surface area contributed by atoms with Crippen LogP contribution in [0.15, 0.2) is 23.1 Å². The van der Waals surface area contributed by atoms with Gasteiger partial charge in [-0.05, 0) is 28.9 Å². The van der Waals surface area contributed by atoms with Gasteiger partial charge in [-0.25, -0.2) is 0 Å². The molecule has 102 valence electrons. The third kappa shape index (κ3) is 5.95. The van der Waals surface area contributed by atoms with Crippen molar-refractivity contribution in [2.45, 2.75) is 16.4 Å². The number of thioether (sulfide) groups is 3. The van der Waals surface area contributed by atoms with Crippen molar-refractivity contribution in [2.24, 2.45) is 0 Å². The van der Waals surface area contributed by atoms with E-state index in [4.69, 9.17) is 0 Å². The first kappa shape index (κ1) is 17.0.